The van der Waals surface area contributed by atoms with E-state index in [2.05, 4.69) is 15.3 Å². The third kappa shape index (κ3) is 9.14. The van der Waals surface area contributed by atoms with Crippen molar-refractivity contribution in [3.63, 3.8) is 0 Å². The molecule has 2 N–H and O–H groups in total. The number of carbonyl (C=O) groups excluding carboxylic acids is 1. The first-order valence-corrected chi connectivity index (χ1v) is 14.3. The van der Waals surface area contributed by atoms with E-state index in [1.165, 1.54) is 18.5 Å². The van der Waals surface area contributed by atoms with Crippen LogP contribution in [0.5, 0.6) is 11.5 Å². The van der Waals surface area contributed by atoms with Crippen molar-refractivity contribution in [3.05, 3.63) is 47.5 Å². The largest absolute Gasteiger partial charge is 0.488 e. The summed E-state index contributed by atoms with van der Waals surface area (Å²) in [7, 11) is 0. The van der Waals surface area contributed by atoms with Crippen molar-refractivity contribution < 1.29 is 28.5 Å². The summed E-state index contributed by atoms with van der Waals surface area (Å²) in [6, 6.07) is 8.02. The molecule has 41 heavy (non-hydrogen) atoms. The fraction of sp³-hybridized carbons (Fsp3) is 0.500. The lowest BCUT2D eigenvalue weighted by molar-refractivity contribution is -0.156. The first kappa shape index (κ1) is 30.7. The number of hydrogen-bond acceptors (Lipinski definition) is 9. The van der Waals surface area contributed by atoms with Gasteiger partial charge in [-0.1, -0.05) is 11.6 Å². The number of rotatable bonds is 12. The molecule has 222 valence electrons. The number of anilines is 2. The molecule has 1 aliphatic carbocycles. The van der Waals surface area contributed by atoms with Crippen LogP contribution in [0.2, 0.25) is 5.02 Å². The normalized spacial score (nSPS) is 14.8. The molecular formula is C30H38ClFN4O5. The zero-order valence-corrected chi connectivity index (χ0v) is 24.7. The number of aliphatic hydroxyl groups excluding tert-OH is 1. The number of ether oxygens (including phenoxy) is 3. The molecular weight excluding hydrogens is 551 g/mol. The minimum Gasteiger partial charge on any atom is -0.488 e. The van der Waals surface area contributed by atoms with Gasteiger partial charge >= 0.3 is 5.97 Å². The third-order valence-electron chi connectivity index (χ3n) is 6.44. The average Bonchev–Trinajstić information content (AvgIpc) is 3.38. The van der Waals surface area contributed by atoms with E-state index in [4.69, 9.17) is 25.8 Å². The van der Waals surface area contributed by atoms with E-state index in [0.29, 0.717) is 47.0 Å². The van der Waals surface area contributed by atoms with Crippen LogP contribution < -0.4 is 14.8 Å². The Morgan fingerprint density at radius 1 is 1.20 bits per heavy atom. The van der Waals surface area contributed by atoms with Crippen LogP contribution in [0.15, 0.2) is 36.7 Å². The fourth-order valence-electron chi connectivity index (χ4n) is 4.71. The summed E-state index contributed by atoms with van der Waals surface area (Å²) in [4.78, 5) is 23.0. The Bertz CT molecular complexity index is 1340. The van der Waals surface area contributed by atoms with Gasteiger partial charge in [-0.3, -0.25) is 9.69 Å². The van der Waals surface area contributed by atoms with Gasteiger partial charge in [-0.15, -0.1) is 0 Å². The molecule has 1 aromatic heterocycles. The molecule has 0 bridgehead atoms. The minimum absolute atomic E-state index is 0.00519. The predicted molar refractivity (Wildman–Crippen MR) is 157 cm³/mol. The fourth-order valence-corrected chi connectivity index (χ4v) is 4.90. The van der Waals surface area contributed by atoms with Gasteiger partial charge in [0.15, 0.2) is 11.5 Å². The van der Waals surface area contributed by atoms with E-state index in [9.17, 15) is 14.3 Å². The highest BCUT2D eigenvalue weighted by atomic mass is 35.5. The molecule has 9 nitrogen and oxygen atoms in total. The van der Waals surface area contributed by atoms with Gasteiger partial charge in [0.05, 0.1) is 29.3 Å². The van der Waals surface area contributed by atoms with Gasteiger partial charge in [0.2, 0.25) is 0 Å². The molecule has 0 saturated heterocycles. The Hall–Kier alpha value is -3.21. The van der Waals surface area contributed by atoms with Gasteiger partial charge in [-0.2, -0.15) is 0 Å². The van der Waals surface area contributed by atoms with Gasteiger partial charge < -0.3 is 24.6 Å². The monoisotopic (exact) mass is 588 g/mol. The van der Waals surface area contributed by atoms with Crippen LogP contribution in [-0.2, 0) is 9.53 Å². The highest BCUT2D eigenvalue weighted by Crippen LogP contribution is 2.37. The van der Waals surface area contributed by atoms with Crippen molar-refractivity contribution >= 4 is 40.0 Å². The second kappa shape index (κ2) is 13.6. The lowest BCUT2D eigenvalue weighted by Gasteiger charge is -2.26. The highest BCUT2D eigenvalue weighted by Gasteiger charge is 2.22. The maximum Gasteiger partial charge on any atom is 0.320 e. The van der Waals surface area contributed by atoms with Crippen molar-refractivity contribution in [2.45, 2.75) is 71.2 Å². The van der Waals surface area contributed by atoms with E-state index in [-0.39, 0.29) is 30.2 Å². The van der Waals surface area contributed by atoms with E-state index in [0.717, 1.165) is 25.7 Å². The van der Waals surface area contributed by atoms with Crippen LogP contribution >= 0.6 is 11.6 Å². The molecule has 0 amide bonds. The summed E-state index contributed by atoms with van der Waals surface area (Å²) in [5, 5.41) is 13.9. The molecule has 1 saturated carbocycles. The van der Waals surface area contributed by atoms with Gasteiger partial charge in [0.25, 0.3) is 0 Å². The number of carbonyl (C=O) groups is 1. The highest BCUT2D eigenvalue weighted by molar-refractivity contribution is 6.31. The van der Waals surface area contributed by atoms with E-state index >= 15 is 0 Å². The van der Waals surface area contributed by atoms with Crippen LogP contribution in [0.3, 0.4) is 0 Å². The number of hydrogen-bond donors (Lipinski definition) is 2. The molecule has 3 aromatic rings. The number of fused-ring (bicyclic) bond motifs is 1. The van der Waals surface area contributed by atoms with Gasteiger partial charge in [0.1, 0.15) is 30.2 Å². The van der Waals surface area contributed by atoms with Crippen LogP contribution in [-0.4, -0.2) is 70.0 Å². The van der Waals surface area contributed by atoms with Crippen LogP contribution in [0.4, 0.5) is 15.9 Å². The molecule has 1 aliphatic rings. The first-order valence-electron chi connectivity index (χ1n) is 13.9. The molecule has 11 heteroatoms. The van der Waals surface area contributed by atoms with Crippen LogP contribution in [0.1, 0.15) is 53.4 Å². The predicted octanol–water partition coefficient (Wildman–Crippen LogP) is 5.89. The zero-order chi connectivity index (χ0) is 29.6. The summed E-state index contributed by atoms with van der Waals surface area (Å²) in [6.45, 7) is 8.07. The van der Waals surface area contributed by atoms with Crippen molar-refractivity contribution in [1.29, 1.82) is 0 Å². The zero-order valence-electron chi connectivity index (χ0n) is 24.0. The van der Waals surface area contributed by atoms with Crippen molar-refractivity contribution in [3.8, 4) is 11.5 Å². The quantitative estimate of drug-likeness (QED) is 0.250. The van der Waals surface area contributed by atoms with Crippen molar-refractivity contribution in [2.24, 2.45) is 0 Å². The van der Waals surface area contributed by atoms with Crippen LogP contribution in [0.25, 0.3) is 10.9 Å². The Morgan fingerprint density at radius 2 is 1.95 bits per heavy atom. The lowest BCUT2D eigenvalue weighted by atomic mass is 10.2. The minimum atomic E-state index is -0.627. The standard InChI is InChI=1S/C30H38ClFN4O5/c1-19(37)16-36(17-28(38)41-30(2,3)4)11-12-39-26-15-25-22(14-27(26)40-21-7-5-6-8-21)29(34-18-33-25)35-20-9-10-24(32)23(31)13-20/h9-10,13-15,18-19,21,37H,5-8,11-12,16-17H2,1-4H3,(H,33,34,35)/t19-/m1/s1. The number of halogens is 2. The molecule has 0 unspecified atom stereocenters. The number of aromatic nitrogens is 2. The van der Waals surface area contributed by atoms with Gasteiger partial charge in [-0.25, -0.2) is 14.4 Å². The third-order valence-corrected chi connectivity index (χ3v) is 6.73. The van der Waals surface area contributed by atoms with Crippen molar-refractivity contribution in [2.75, 3.05) is 31.6 Å². The Balaban J connectivity index is 1.55. The number of nitrogens with zero attached hydrogens (tertiary/aromatic N) is 3. The number of nitrogens with one attached hydrogen (secondary N) is 1. The SMILES string of the molecule is C[C@@H](O)CN(CCOc1cc2ncnc(Nc3ccc(F)c(Cl)c3)c2cc1OC1CCCC1)CC(=O)OC(C)(C)C. The first-order chi connectivity index (χ1) is 19.5. The second-order valence-electron chi connectivity index (χ2n) is 11.3. The second-order valence-corrected chi connectivity index (χ2v) is 11.7. The Labute approximate surface area is 245 Å². The molecule has 0 radical (unpaired) electrons. The number of benzene rings is 2. The molecule has 4 rings (SSSR count). The molecule has 1 atom stereocenters. The van der Waals surface area contributed by atoms with Gasteiger partial charge in [-0.05, 0) is 77.6 Å². The molecule has 0 spiro atoms. The maximum atomic E-state index is 13.7. The maximum absolute atomic E-state index is 13.7. The summed E-state index contributed by atoms with van der Waals surface area (Å²) in [5.41, 5.74) is 0.609. The van der Waals surface area contributed by atoms with Crippen LogP contribution in [0, 0.1) is 5.82 Å². The summed E-state index contributed by atoms with van der Waals surface area (Å²) in [5.74, 6) is 0.730. The van der Waals surface area contributed by atoms with E-state index in [1.807, 2.05) is 26.8 Å². The van der Waals surface area contributed by atoms with Crippen molar-refractivity contribution in [1.82, 2.24) is 14.9 Å². The smallest absolute Gasteiger partial charge is 0.320 e. The Morgan fingerprint density at radius 3 is 2.63 bits per heavy atom. The molecule has 1 fully saturated rings. The summed E-state index contributed by atoms with van der Waals surface area (Å²) >= 11 is 5.97. The lowest BCUT2D eigenvalue weighted by Crippen LogP contribution is -2.40. The topological polar surface area (TPSA) is 106 Å². The molecule has 2 aromatic carbocycles. The average molecular weight is 589 g/mol. The molecule has 1 heterocycles. The van der Waals surface area contributed by atoms with E-state index in [1.54, 1.807) is 24.0 Å². The number of aliphatic hydroxyl groups is 1. The Kier molecular flexibility index (Phi) is 10.2. The number of esters is 1. The molecule has 0 aliphatic heterocycles. The van der Waals surface area contributed by atoms with E-state index < -0.39 is 17.5 Å². The van der Waals surface area contributed by atoms with Gasteiger partial charge in [0, 0.05) is 30.2 Å². The summed E-state index contributed by atoms with van der Waals surface area (Å²) < 4.78 is 31.7. The summed E-state index contributed by atoms with van der Waals surface area (Å²) in [6.07, 6.45) is 5.01.